The van der Waals surface area contributed by atoms with E-state index in [-0.39, 0.29) is 32.8 Å². The molecule has 2 nitrogen and oxygen atoms in total. The fraction of sp³-hybridized carbons (Fsp3) is 0.889. The summed E-state index contributed by atoms with van der Waals surface area (Å²) in [5, 5.41) is 1.17. The van der Waals surface area contributed by atoms with Crippen molar-refractivity contribution in [3.8, 4) is 0 Å². The van der Waals surface area contributed by atoms with Gasteiger partial charge in [0.2, 0.25) is 0 Å². The number of carbonyl (C=O) groups is 1. The molecule has 0 radical (unpaired) electrons. The molecule has 1 heterocycles. The Bertz CT molecular complexity index is 145. The van der Waals surface area contributed by atoms with E-state index >= 15 is 0 Å². The molecule has 0 saturated carbocycles. The lowest BCUT2D eigenvalue weighted by atomic mass is 10.0. The molecule has 1 rings (SSSR count). The second kappa shape index (κ2) is 10.1. The van der Waals surface area contributed by atoms with Gasteiger partial charge in [0.15, 0.2) is 0 Å². The lowest BCUT2D eigenvalue weighted by Crippen LogP contribution is -2.18. The van der Waals surface area contributed by atoms with Crippen LogP contribution in [-0.4, -0.2) is 29.7 Å². The smallest absolute Gasteiger partial charge is 0.308 e. The first-order valence-corrected chi connectivity index (χ1v) is 6.39. The molecule has 0 unspecified atom stereocenters. The average molecular weight is 256 g/mol. The normalized spacial score (nSPS) is 18.1. The molecule has 0 bridgehead atoms. The topological polar surface area (TPSA) is 26.3 Å². The lowest BCUT2D eigenvalue weighted by Gasteiger charge is -2.16. The van der Waals surface area contributed by atoms with Crippen LogP contribution in [0.5, 0.6) is 0 Å². The molecule has 0 aromatic carbocycles. The summed E-state index contributed by atoms with van der Waals surface area (Å²) < 4.78 is 4.73. The third kappa shape index (κ3) is 6.09. The summed E-state index contributed by atoms with van der Waals surface area (Å²) >= 11 is 3.83. The van der Waals surface area contributed by atoms with Crippen LogP contribution in [0.25, 0.3) is 0 Å². The van der Waals surface area contributed by atoms with E-state index in [1.54, 1.807) is 0 Å². The highest BCUT2D eigenvalue weighted by Crippen LogP contribution is 2.24. The molecule has 0 atom stereocenters. The Hall–Kier alpha value is 0.520. The zero-order valence-corrected chi connectivity index (χ0v) is 10.4. The van der Waals surface area contributed by atoms with Crippen molar-refractivity contribution in [3.63, 3.8) is 0 Å². The maximum absolute atomic E-state index is 11.2. The summed E-state index contributed by atoms with van der Waals surface area (Å²) in [5.74, 6) is 2.30. The van der Waals surface area contributed by atoms with Gasteiger partial charge < -0.3 is 4.74 Å². The third-order valence-electron chi connectivity index (χ3n) is 1.92. The molecule has 0 N–H and O–H groups in total. The summed E-state index contributed by atoms with van der Waals surface area (Å²) in [6.45, 7) is 0. The molecule has 1 fully saturated rings. The van der Waals surface area contributed by atoms with Gasteiger partial charge in [0.1, 0.15) is 0 Å². The summed E-state index contributed by atoms with van der Waals surface area (Å²) in [6.07, 6.45) is 1.97. The van der Waals surface area contributed by atoms with Crippen molar-refractivity contribution in [2.24, 2.45) is 5.92 Å². The monoisotopic (exact) mass is 256 g/mol. The van der Waals surface area contributed by atoms with E-state index in [0.717, 1.165) is 24.3 Å². The maximum atomic E-state index is 11.2. The Morgan fingerprint density at radius 1 is 1.29 bits per heavy atom. The molecule has 1 aliphatic heterocycles. The molecule has 5 heteroatoms. The van der Waals surface area contributed by atoms with Crippen LogP contribution in [-0.2, 0) is 9.53 Å². The zero-order valence-electron chi connectivity index (χ0n) is 7.75. The molecule has 0 amide bonds. The van der Waals surface area contributed by atoms with Crippen molar-refractivity contribution in [1.82, 2.24) is 0 Å². The molecule has 0 aliphatic carbocycles. The fourth-order valence-electron chi connectivity index (χ4n) is 1.17. The number of hydrogen-bond acceptors (Lipinski definition) is 4. The van der Waals surface area contributed by atoms with Gasteiger partial charge >= 0.3 is 5.97 Å². The Labute approximate surface area is 102 Å². The predicted molar refractivity (Wildman–Crippen MR) is 71.6 cm³/mol. The number of rotatable bonds is 1. The van der Waals surface area contributed by atoms with Crippen molar-refractivity contribution in [2.45, 2.75) is 20.3 Å². The summed E-state index contributed by atoms with van der Waals surface area (Å²) in [4.78, 5) is 11.2. The number of carbonyl (C=O) groups excluding carboxylic acids is 1. The second-order valence-corrected chi connectivity index (χ2v) is 5.31. The number of ether oxygens (including phenoxy) is 1. The van der Waals surface area contributed by atoms with Crippen LogP contribution in [0.3, 0.4) is 0 Å². The molecular weight excluding hydrogens is 236 g/mol. The Kier molecular flexibility index (Phi) is 12.2. The first-order chi connectivity index (χ1) is 5.84. The Morgan fingerprint density at radius 2 is 1.79 bits per heavy atom. The van der Waals surface area contributed by atoms with E-state index in [0.29, 0.717) is 0 Å². The zero-order chi connectivity index (χ0) is 8.81. The molecular formula is C9H20O2S3. The maximum Gasteiger partial charge on any atom is 0.308 e. The van der Waals surface area contributed by atoms with Gasteiger partial charge in [0.05, 0.1) is 13.0 Å². The van der Waals surface area contributed by atoms with Crippen molar-refractivity contribution < 1.29 is 9.53 Å². The quantitative estimate of drug-likeness (QED) is 0.674. The minimum Gasteiger partial charge on any atom is -0.469 e. The Balaban J connectivity index is 0. The van der Waals surface area contributed by atoms with E-state index < -0.39 is 0 Å². The highest BCUT2D eigenvalue weighted by atomic mass is 32.2. The summed E-state index contributed by atoms with van der Waals surface area (Å²) in [6, 6.07) is 0. The number of thioether (sulfide) groups is 2. The molecule has 86 valence electrons. The number of methoxy groups -OCH3 is 1. The van der Waals surface area contributed by atoms with E-state index in [1.807, 2.05) is 23.5 Å². The van der Waals surface area contributed by atoms with Crippen LogP contribution in [0.15, 0.2) is 0 Å². The molecule has 0 aromatic heterocycles. The van der Waals surface area contributed by atoms with Gasteiger partial charge in [0, 0.05) is 5.08 Å². The van der Waals surface area contributed by atoms with Crippen molar-refractivity contribution >= 4 is 43.0 Å². The van der Waals surface area contributed by atoms with Crippen LogP contribution < -0.4 is 0 Å². The molecule has 0 spiro atoms. The van der Waals surface area contributed by atoms with Gasteiger partial charge in [-0.1, -0.05) is 7.43 Å². The van der Waals surface area contributed by atoms with Gasteiger partial charge in [-0.05, 0) is 24.3 Å². The lowest BCUT2D eigenvalue weighted by molar-refractivity contribution is -0.145. The first-order valence-electron chi connectivity index (χ1n) is 4.08. The summed E-state index contributed by atoms with van der Waals surface area (Å²) in [7, 11) is 1.47. The van der Waals surface area contributed by atoms with Crippen LogP contribution in [0.2, 0.25) is 0 Å². The van der Waals surface area contributed by atoms with Crippen LogP contribution >= 0.6 is 37.0 Å². The summed E-state index contributed by atoms with van der Waals surface area (Å²) in [5.41, 5.74) is 0. The predicted octanol–water partition coefficient (Wildman–Crippen LogP) is 2.74. The largest absolute Gasteiger partial charge is 0.469 e. The van der Waals surface area contributed by atoms with Gasteiger partial charge in [0.25, 0.3) is 0 Å². The van der Waals surface area contributed by atoms with Gasteiger partial charge in [-0.15, -0.1) is 0 Å². The number of hydrogen-bond donors (Lipinski definition) is 0. The van der Waals surface area contributed by atoms with E-state index in [9.17, 15) is 4.79 Å². The molecule has 1 saturated heterocycles. The van der Waals surface area contributed by atoms with Gasteiger partial charge in [-0.25, -0.2) is 0 Å². The van der Waals surface area contributed by atoms with Crippen molar-refractivity contribution in [2.75, 3.05) is 23.7 Å². The minimum absolute atomic E-state index is 0. The third-order valence-corrected chi connectivity index (χ3v) is 4.30. The fourth-order valence-corrected chi connectivity index (χ4v) is 3.49. The van der Waals surface area contributed by atoms with Crippen LogP contribution in [0, 0.1) is 5.92 Å². The minimum atomic E-state index is -0.0295. The number of esters is 1. The molecule has 14 heavy (non-hydrogen) atoms. The van der Waals surface area contributed by atoms with Gasteiger partial charge in [-0.2, -0.15) is 37.0 Å². The highest BCUT2D eigenvalue weighted by molar-refractivity contribution is 8.15. The molecule has 0 aromatic rings. The van der Waals surface area contributed by atoms with Crippen molar-refractivity contribution in [1.29, 1.82) is 0 Å². The van der Waals surface area contributed by atoms with E-state index in [2.05, 4.69) is 0 Å². The SMILES string of the molecule is C.COC(=O)C1CCSCSCC1.S. The molecule has 1 aliphatic rings. The van der Waals surface area contributed by atoms with Crippen LogP contribution in [0.1, 0.15) is 20.3 Å². The van der Waals surface area contributed by atoms with E-state index in [4.69, 9.17) is 4.74 Å². The standard InChI is InChI=1S/C8H14O2S2.CH4.H2S/c1-10-8(9)7-2-4-11-6-12-5-3-7;;/h7H,2-6H2,1H3;1H4;1H2. The van der Waals surface area contributed by atoms with E-state index in [1.165, 1.54) is 12.2 Å². The first kappa shape index (κ1) is 16.9. The van der Waals surface area contributed by atoms with Crippen LogP contribution in [0.4, 0.5) is 0 Å². The second-order valence-electron chi connectivity index (χ2n) is 2.73. The highest BCUT2D eigenvalue weighted by Gasteiger charge is 2.19. The average Bonchev–Trinajstić information content (AvgIpc) is 2.02. The Morgan fingerprint density at radius 3 is 2.21 bits per heavy atom. The van der Waals surface area contributed by atoms with Crippen molar-refractivity contribution in [3.05, 3.63) is 0 Å². The van der Waals surface area contributed by atoms with Gasteiger partial charge in [-0.3, -0.25) is 4.79 Å².